The second kappa shape index (κ2) is 7.99. The predicted octanol–water partition coefficient (Wildman–Crippen LogP) is 2.32. The Hall–Kier alpha value is -1.36. The Morgan fingerprint density at radius 1 is 1.20 bits per heavy atom. The molecule has 0 saturated heterocycles. The van der Waals surface area contributed by atoms with Gasteiger partial charge in [0.05, 0.1) is 0 Å². The number of hydrogen-bond donors (Lipinski definition) is 2. The number of carbonyl (C=O) groups is 2. The molecule has 15 heavy (non-hydrogen) atoms. The summed E-state index contributed by atoms with van der Waals surface area (Å²) in [6, 6.07) is 4.04. The molecule has 0 aliphatic heterocycles. The average molecular weight is 230 g/mol. The Balaban J connectivity index is 0.000000322. The molecule has 0 atom stereocenters. The summed E-state index contributed by atoms with van der Waals surface area (Å²) in [6.45, 7) is 1.75. The van der Waals surface area contributed by atoms with Gasteiger partial charge in [-0.1, -0.05) is 25.5 Å². The molecule has 1 aromatic rings. The minimum Gasteiger partial charge on any atom is -0.481 e. The Labute approximate surface area is 92.2 Å². The van der Waals surface area contributed by atoms with Crippen LogP contribution in [-0.2, 0) is 9.59 Å². The second-order valence-corrected chi connectivity index (χ2v) is 3.63. The number of carboxylic acids is 2. The van der Waals surface area contributed by atoms with Crippen LogP contribution >= 0.6 is 11.3 Å². The van der Waals surface area contributed by atoms with Gasteiger partial charge in [0.25, 0.3) is 0 Å². The molecule has 2 N–H and O–H groups in total. The third-order valence-electron chi connectivity index (χ3n) is 1.60. The zero-order chi connectivity index (χ0) is 11.7. The summed E-state index contributed by atoms with van der Waals surface area (Å²) >= 11 is 1.71. The Kier molecular flexibility index (Phi) is 7.27. The highest BCUT2D eigenvalue weighted by Crippen LogP contribution is 2.05. The lowest BCUT2D eigenvalue weighted by Crippen LogP contribution is -2.22. The van der Waals surface area contributed by atoms with Crippen molar-refractivity contribution >= 4 is 23.3 Å². The number of rotatable bonds is 4. The fourth-order valence-corrected chi connectivity index (χ4v) is 1.32. The minimum atomic E-state index is -1.26. The first-order valence-corrected chi connectivity index (χ1v) is 5.46. The Bertz CT molecular complexity index is 250. The zero-order valence-corrected chi connectivity index (χ0v) is 9.24. The molecule has 1 aromatic heterocycles. The molecule has 0 amide bonds. The van der Waals surface area contributed by atoms with Gasteiger partial charge in [-0.2, -0.15) is 11.3 Å². The molecule has 0 saturated carbocycles. The van der Waals surface area contributed by atoms with Crippen LogP contribution in [0.25, 0.3) is 0 Å². The van der Waals surface area contributed by atoms with Crippen molar-refractivity contribution in [1.82, 2.24) is 0 Å². The number of carboxylic acid groups (broad SMARTS) is 2. The number of hydrogen-bond acceptors (Lipinski definition) is 3. The molecule has 0 radical (unpaired) electrons. The van der Waals surface area contributed by atoms with E-state index in [-0.39, 0.29) is 6.42 Å². The summed E-state index contributed by atoms with van der Waals surface area (Å²) in [4.78, 5) is 20.3. The predicted molar refractivity (Wildman–Crippen MR) is 58.0 cm³/mol. The van der Waals surface area contributed by atoms with E-state index in [1.165, 1.54) is 0 Å². The fourth-order valence-electron chi connectivity index (χ4n) is 0.868. The standard InChI is InChI=1S/C6H10O4.C4H4S/c1-2-3-4(5(7)8)6(9)10;1-2-4-5-3-1/h4H,2-3H2,1H3,(H,7,8)(H,9,10);1-4H. The maximum absolute atomic E-state index is 10.2. The van der Waals surface area contributed by atoms with Crippen molar-refractivity contribution in [2.45, 2.75) is 19.8 Å². The highest BCUT2D eigenvalue weighted by atomic mass is 32.1. The van der Waals surface area contributed by atoms with Crippen LogP contribution in [0.1, 0.15) is 19.8 Å². The molecule has 84 valence electrons. The molecule has 1 rings (SSSR count). The van der Waals surface area contributed by atoms with Gasteiger partial charge in [0.1, 0.15) is 0 Å². The van der Waals surface area contributed by atoms with E-state index in [1.54, 1.807) is 18.3 Å². The van der Waals surface area contributed by atoms with Crippen LogP contribution in [-0.4, -0.2) is 22.2 Å². The van der Waals surface area contributed by atoms with E-state index in [1.807, 2.05) is 22.9 Å². The molecule has 1 heterocycles. The van der Waals surface area contributed by atoms with Crippen molar-refractivity contribution in [1.29, 1.82) is 0 Å². The molecule has 4 nitrogen and oxygen atoms in total. The summed E-state index contributed by atoms with van der Waals surface area (Å²) in [6.07, 6.45) is 0.772. The SMILES string of the molecule is CCCC(C(=O)O)C(=O)O.c1ccsc1. The van der Waals surface area contributed by atoms with Crippen LogP contribution in [0.3, 0.4) is 0 Å². The van der Waals surface area contributed by atoms with E-state index in [2.05, 4.69) is 0 Å². The Morgan fingerprint density at radius 2 is 1.67 bits per heavy atom. The van der Waals surface area contributed by atoms with E-state index in [0.717, 1.165) is 0 Å². The van der Waals surface area contributed by atoms with Crippen LogP contribution in [0, 0.1) is 5.92 Å². The number of thiophene rings is 1. The van der Waals surface area contributed by atoms with Gasteiger partial charge >= 0.3 is 11.9 Å². The highest BCUT2D eigenvalue weighted by Gasteiger charge is 2.23. The lowest BCUT2D eigenvalue weighted by molar-refractivity contribution is -0.154. The lowest BCUT2D eigenvalue weighted by atomic mass is 10.1. The monoisotopic (exact) mass is 230 g/mol. The summed E-state index contributed by atoms with van der Waals surface area (Å²) < 4.78 is 0. The van der Waals surface area contributed by atoms with Crippen molar-refractivity contribution < 1.29 is 19.8 Å². The highest BCUT2D eigenvalue weighted by molar-refractivity contribution is 7.07. The van der Waals surface area contributed by atoms with Gasteiger partial charge in [-0.25, -0.2) is 0 Å². The lowest BCUT2D eigenvalue weighted by Gasteiger charge is -2.02. The summed E-state index contributed by atoms with van der Waals surface area (Å²) in [5, 5.41) is 20.7. The molecule has 0 fully saturated rings. The third kappa shape index (κ3) is 6.68. The first-order chi connectivity index (χ1) is 7.09. The minimum absolute atomic E-state index is 0.199. The van der Waals surface area contributed by atoms with Gasteiger partial charge in [0.15, 0.2) is 5.92 Å². The summed E-state index contributed by atoms with van der Waals surface area (Å²) in [7, 11) is 0. The van der Waals surface area contributed by atoms with Crippen molar-refractivity contribution in [3.63, 3.8) is 0 Å². The van der Waals surface area contributed by atoms with Gasteiger partial charge in [-0.05, 0) is 17.2 Å². The van der Waals surface area contributed by atoms with Gasteiger partial charge < -0.3 is 10.2 Å². The average Bonchev–Trinajstić information content (AvgIpc) is 2.70. The molecular weight excluding hydrogens is 216 g/mol. The van der Waals surface area contributed by atoms with Gasteiger partial charge in [0.2, 0.25) is 0 Å². The summed E-state index contributed by atoms with van der Waals surface area (Å²) in [5.41, 5.74) is 0. The van der Waals surface area contributed by atoms with Crippen LogP contribution in [0.15, 0.2) is 22.9 Å². The molecular formula is C10H14O4S. The molecule has 5 heteroatoms. The third-order valence-corrected chi connectivity index (χ3v) is 2.23. The maximum atomic E-state index is 10.2. The largest absolute Gasteiger partial charge is 0.481 e. The molecule has 0 bridgehead atoms. The van der Waals surface area contributed by atoms with Gasteiger partial charge in [-0.3, -0.25) is 9.59 Å². The van der Waals surface area contributed by atoms with E-state index >= 15 is 0 Å². The van der Waals surface area contributed by atoms with E-state index in [9.17, 15) is 9.59 Å². The van der Waals surface area contributed by atoms with Crippen molar-refractivity contribution in [3.05, 3.63) is 22.9 Å². The van der Waals surface area contributed by atoms with Crippen molar-refractivity contribution in [2.75, 3.05) is 0 Å². The maximum Gasteiger partial charge on any atom is 0.317 e. The van der Waals surface area contributed by atoms with Crippen LogP contribution in [0.2, 0.25) is 0 Å². The first-order valence-electron chi connectivity index (χ1n) is 4.52. The van der Waals surface area contributed by atoms with Crippen molar-refractivity contribution in [3.8, 4) is 0 Å². The smallest absolute Gasteiger partial charge is 0.317 e. The normalized spacial score (nSPS) is 9.20. The fraction of sp³-hybridized carbons (Fsp3) is 0.400. The quantitative estimate of drug-likeness (QED) is 0.778. The van der Waals surface area contributed by atoms with Crippen LogP contribution in [0.4, 0.5) is 0 Å². The van der Waals surface area contributed by atoms with E-state index in [0.29, 0.717) is 6.42 Å². The zero-order valence-electron chi connectivity index (χ0n) is 8.42. The van der Waals surface area contributed by atoms with Gasteiger partial charge in [0, 0.05) is 0 Å². The van der Waals surface area contributed by atoms with Crippen LogP contribution in [0.5, 0.6) is 0 Å². The molecule has 0 aromatic carbocycles. The second-order valence-electron chi connectivity index (χ2n) is 2.81. The van der Waals surface area contributed by atoms with Gasteiger partial charge in [-0.15, -0.1) is 0 Å². The number of aliphatic carboxylic acids is 2. The topological polar surface area (TPSA) is 74.6 Å². The first kappa shape index (κ1) is 13.6. The molecule has 0 spiro atoms. The van der Waals surface area contributed by atoms with E-state index < -0.39 is 17.9 Å². The van der Waals surface area contributed by atoms with Crippen LogP contribution < -0.4 is 0 Å². The summed E-state index contributed by atoms with van der Waals surface area (Å²) in [5.74, 6) is -3.74. The molecule has 0 aliphatic carbocycles. The Morgan fingerprint density at radius 3 is 1.80 bits per heavy atom. The molecule has 0 unspecified atom stereocenters. The molecule has 0 aliphatic rings. The van der Waals surface area contributed by atoms with Crippen molar-refractivity contribution in [2.24, 2.45) is 5.92 Å². The van der Waals surface area contributed by atoms with E-state index in [4.69, 9.17) is 10.2 Å².